The van der Waals surface area contributed by atoms with E-state index in [9.17, 15) is 0 Å². The highest BCUT2D eigenvalue weighted by Gasteiger charge is 2.00. The van der Waals surface area contributed by atoms with Gasteiger partial charge in [0, 0.05) is 0 Å². The summed E-state index contributed by atoms with van der Waals surface area (Å²) in [6, 6.07) is 12.1. The highest BCUT2D eigenvalue weighted by Crippen LogP contribution is 2.25. The summed E-state index contributed by atoms with van der Waals surface area (Å²) in [6.45, 7) is 0. The average molecular weight is 350 g/mol. The van der Waals surface area contributed by atoms with Crippen molar-refractivity contribution in [3.8, 4) is 0 Å². The molecular formula is C12H15O4PS3. The third-order valence-corrected chi connectivity index (χ3v) is 3.16. The fraction of sp³-hybridized carbons (Fsp3) is 0. The van der Waals surface area contributed by atoms with Crippen molar-refractivity contribution in [1.29, 1.82) is 0 Å². The summed E-state index contributed by atoms with van der Waals surface area (Å²) >= 11 is 5.14. The van der Waals surface area contributed by atoms with Gasteiger partial charge in [-0.15, -0.1) is 0 Å². The van der Waals surface area contributed by atoms with Gasteiger partial charge in [0.2, 0.25) is 0 Å². The zero-order chi connectivity index (χ0) is 15.1. The maximum atomic E-state index is 8.88. The van der Waals surface area contributed by atoms with Gasteiger partial charge < -0.3 is 14.7 Å². The van der Waals surface area contributed by atoms with Crippen molar-refractivity contribution in [3.05, 3.63) is 68.7 Å². The Labute approximate surface area is 129 Å². The summed E-state index contributed by atoms with van der Waals surface area (Å²) < 4.78 is 8.88. The van der Waals surface area contributed by atoms with E-state index in [4.69, 9.17) is 19.2 Å². The molecule has 3 rings (SSSR count). The monoisotopic (exact) mass is 350 g/mol. The Morgan fingerprint density at radius 3 is 0.750 bits per heavy atom. The third kappa shape index (κ3) is 22.4. The van der Waals surface area contributed by atoms with E-state index < -0.39 is 7.82 Å². The molecule has 0 saturated heterocycles. The van der Waals surface area contributed by atoms with Crippen molar-refractivity contribution < 1.29 is 19.2 Å². The number of phosphoric acid groups is 1. The molecule has 0 bridgehead atoms. The summed E-state index contributed by atoms with van der Waals surface area (Å²) in [5.41, 5.74) is 0. The molecule has 0 spiro atoms. The van der Waals surface area contributed by atoms with Crippen LogP contribution >= 0.6 is 41.8 Å². The first-order valence-electron chi connectivity index (χ1n) is 5.20. The van der Waals surface area contributed by atoms with Crippen LogP contribution in [0, 0.1) is 0 Å². The third-order valence-electron chi connectivity index (χ3n) is 1.28. The summed E-state index contributed by atoms with van der Waals surface area (Å²) in [4.78, 5) is 21.6. The molecule has 0 saturated carbocycles. The summed E-state index contributed by atoms with van der Waals surface area (Å²) in [6.07, 6.45) is 0. The van der Waals surface area contributed by atoms with Gasteiger partial charge in [-0.3, -0.25) is 0 Å². The Kier molecular flexibility index (Phi) is 12.7. The van der Waals surface area contributed by atoms with Crippen molar-refractivity contribution in [2.75, 3.05) is 0 Å². The first-order chi connectivity index (χ1) is 9.50. The van der Waals surface area contributed by atoms with Gasteiger partial charge in [-0.05, 0) is 32.3 Å². The molecule has 0 aliphatic carbocycles. The molecule has 0 aromatic carbocycles. The van der Waals surface area contributed by atoms with E-state index >= 15 is 0 Å². The molecule has 4 nitrogen and oxygen atoms in total. The fourth-order valence-electron chi connectivity index (χ4n) is 0.680. The van der Waals surface area contributed by atoms with E-state index in [1.54, 1.807) is 34.0 Å². The predicted octanol–water partition coefficient (Wildman–Crippen LogP) is 4.32. The van der Waals surface area contributed by atoms with Crippen LogP contribution in [0.2, 0.25) is 0 Å². The molecule has 0 amide bonds. The standard InChI is InChI=1S/3C4H4S.H3O4P/c3*1-2-4-5-3-1;1-5(2,3)4/h3*1-4H;(H3,1,2,3,4). The van der Waals surface area contributed by atoms with Crippen LogP contribution in [0.3, 0.4) is 0 Å². The first-order valence-corrected chi connectivity index (χ1v) is 9.59. The van der Waals surface area contributed by atoms with Gasteiger partial charge in [0.05, 0.1) is 0 Å². The van der Waals surface area contributed by atoms with Gasteiger partial charge in [0.1, 0.15) is 0 Å². The number of hydrogen-bond acceptors (Lipinski definition) is 4. The molecule has 0 radical (unpaired) electrons. The van der Waals surface area contributed by atoms with Crippen LogP contribution in [0.1, 0.15) is 0 Å². The van der Waals surface area contributed by atoms with Crippen molar-refractivity contribution in [2.24, 2.45) is 0 Å². The molecule has 8 heteroatoms. The Morgan fingerprint density at radius 1 is 0.550 bits per heavy atom. The predicted molar refractivity (Wildman–Crippen MR) is 87.2 cm³/mol. The molecule has 110 valence electrons. The lowest BCUT2D eigenvalue weighted by atomic mass is 10.7. The zero-order valence-corrected chi connectivity index (χ0v) is 13.7. The van der Waals surface area contributed by atoms with Crippen LogP contribution in [0.25, 0.3) is 0 Å². The molecule has 0 atom stereocenters. The Bertz CT molecular complexity index is 381. The summed E-state index contributed by atoms with van der Waals surface area (Å²) in [5, 5.41) is 12.2. The topological polar surface area (TPSA) is 77.8 Å². The largest absolute Gasteiger partial charge is 0.466 e. The van der Waals surface area contributed by atoms with E-state index in [1.807, 2.05) is 68.7 Å². The molecule has 3 heterocycles. The maximum absolute atomic E-state index is 8.88. The highest BCUT2D eigenvalue weighted by atomic mass is 32.1. The molecule has 20 heavy (non-hydrogen) atoms. The average Bonchev–Trinajstić information content (AvgIpc) is 3.17. The highest BCUT2D eigenvalue weighted by molar-refractivity contribution is 7.45. The van der Waals surface area contributed by atoms with E-state index in [-0.39, 0.29) is 0 Å². The van der Waals surface area contributed by atoms with Gasteiger partial charge in [-0.1, -0.05) is 36.4 Å². The van der Waals surface area contributed by atoms with Gasteiger partial charge in [0.25, 0.3) is 0 Å². The van der Waals surface area contributed by atoms with E-state index in [2.05, 4.69) is 0 Å². The molecule has 0 unspecified atom stereocenters. The number of hydrogen-bond donors (Lipinski definition) is 3. The lowest BCUT2D eigenvalue weighted by molar-refractivity contribution is 0.275. The van der Waals surface area contributed by atoms with Gasteiger partial charge in [-0.25, -0.2) is 4.57 Å². The molecular weight excluding hydrogens is 335 g/mol. The zero-order valence-electron chi connectivity index (χ0n) is 10.4. The van der Waals surface area contributed by atoms with Crippen LogP contribution in [-0.2, 0) is 4.57 Å². The van der Waals surface area contributed by atoms with Gasteiger partial charge >= 0.3 is 7.82 Å². The molecule has 3 aromatic rings. The SMILES string of the molecule is O=P(O)(O)O.c1ccsc1.c1ccsc1.c1ccsc1. The van der Waals surface area contributed by atoms with Crippen LogP contribution in [0.15, 0.2) is 68.7 Å². The van der Waals surface area contributed by atoms with Crippen molar-refractivity contribution in [3.63, 3.8) is 0 Å². The maximum Gasteiger partial charge on any atom is 0.466 e. The molecule has 0 aliphatic rings. The van der Waals surface area contributed by atoms with E-state index in [0.717, 1.165) is 0 Å². The minimum absolute atomic E-state index is 1.71. The summed E-state index contributed by atoms with van der Waals surface area (Å²) in [5.74, 6) is 0. The van der Waals surface area contributed by atoms with E-state index in [0.29, 0.717) is 0 Å². The first kappa shape index (κ1) is 19.2. The summed E-state index contributed by atoms with van der Waals surface area (Å²) in [7, 11) is -4.64. The minimum atomic E-state index is -4.64. The molecule has 0 aliphatic heterocycles. The van der Waals surface area contributed by atoms with Crippen LogP contribution in [0.5, 0.6) is 0 Å². The second-order valence-corrected chi connectivity index (χ2v) is 6.37. The number of thiophene rings is 3. The van der Waals surface area contributed by atoms with E-state index in [1.165, 1.54) is 0 Å². The quantitative estimate of drug-likeness (QED) is 0.528. The molecule has 0 fully saturated rings. The lowest BCUT2D eigenvalue weighted by Gasteiger charge is -1.82. The second-order valence-electron chi connectivity index (χ2n) is 2.89. The van der Waals surface area contributed by atoms with Gasteiger partial charge in [0.15, 0.2) is 0 Å². The second kappa shape index (κ2) is 13.2. The number of rotatable bonds is 0. The normalized spacial score (nSPS) is 8.95. The lowest BCUT2D eigenvalue weighted by Crippen LogP contribution is -1.66. The Morgan fingerprint density at radius 2 is 0.700 bits per heavy atom. The fourth-order valence-corrected chi connectivity index (χ4v) is 2.04. The minimum Gasteiger partial charge on any atom is -0.303 e. The Balaban J connectivity index is 0.000000241. The van der Waals surface area contributed by atoms with Crippen LogP contribution in [0.4, 0.5) is 0 Å². The van der Waals surface area contributed by atoms with Crippen LogP contribution < -0.4 is 0 Å². The van der Waals surface area contributed by atoms with Crippen molar-refractivity contribution in [2.45, 2.75) is 0 Å². The van der Waals surface area contributed by atoms with Crippen molar-refractivity contribution in [1.82, 2.24) is 0 Å². The van der Waals surface area contributed by atoms with Crippen LogP contribution in [-0.4, -0.2) is 14.7 Å². The molecule has 3 aromatic heterocycles. The Hall–Kier alpha value is -0.790. The van der Waals surface area contributed by atoms with Gasteiger partial charge in [-0.2, -0.15) is 34.0 Å². The van der Waals surface area contributed by atoms with Crippen molar-refractivity contribution >= 4 is 41.8 Å². The molecule has 3 N–H and O–H groups in total. The smallest absolute Gasteiger partial charge is 0.303 e.